The molecule has 0 aromatic heterocycles. The fourth-order valence-electron chi connectivity index (χ4n) is 1.34. The predicted molar refractivity (Wildman–Crippen MR) is 37.6 cm³/mol. The molecule has 1 N–H and O–H groups in total. The maximum atomic E-state index is 11.8. The van der Waals surface area contributed by atoms with Crippen LogP contribution in [0.4, 0.5) is 8.78 Å². The van der Waals surface area contributed by atoms with Crippen LogP contribution in [0.3, 0.4) is 0 Å². The fourth-order valence-corrected chi connectivity index (χ4v) is 1.34. The second-order valence-electron chi connectivity index (χ2n) is 3.11. The van der Waals surface area contributed by atoms with Gasteiger partial charge in [0.15, 0.2) is 0 Å². The third-order valence-corrected chi connectivity index (χ3v) is 1.93. The van der Waals surface area contributed by atoms with Crippen molar-refractivity contribution < 1.29 is 13.5 Å². The molecule has 0 radical (unpaired) electrons. The highest BCUT2D eigenvalue weighted by molar-refractivity contribution is 4.82. The highest BCUT2D eigenvalue weighted by Gasteiger charge is 2.30. The number of alkyl halides is 2. The third-order valence-electron chi connectivity index (χ3n) is 1.93. The van der Waals surface area contributed by atoms with Crippen molar-refractivity contribution in [2.45, 2.75) is 32.0 Å². The molecule has 0 aromatic carbocycles. The van der Waals surface area contributed by atoms with Gasteiger partial charge in [-0.25, -0.2) is 0 Å². The molecule has 0 aliphatic carbocycles. The van der Waals surface area contributed by atoms with E-state index in [2.05, 4.69) is 10.1 Å². The lowest BCUT2D eigenvalue weighted by atomic mass is 9.96. The molecule has 66 valence electrons. The van der Waals surface area contributed by atoms with E-state index >= 15 is 0 Å². The quantitative estimate of drug-likeness (QED) is 0.667. The molecule has 0 bridgehead atoms. The lowest BCUT2D eigenvalue weighted by Gasteiger charge is -2.33. The van der Waals surface area contributed by atoms with Crippen LogP contribution in [-0.4, -0.2) is 25.3 Å². The van der Waals surface area contributed by atoms with Crippen LogP contribution in [0.1, 0.15) is 19.8 Å². The molecular formula is C7H13F2NO. The Balaban J connectivity index is 2.37. The van der Waals surface area contributed by atoms with Crippen LogP contribution in [-0.2, 0) is 4.74 Å². The minimum Gasteiger partial charge on any atom is -0.315 e. The zero-order valence-electron chi connectivity index (χ0n) is 6.57. The summed E-state index contributed by atoms with van der Waals surface area (Å²) < 4.78 is 28.1. The zero-order chi connectivity index (χ0) is 8.32. The molecule has 4 heteroatoms. The SMILES string of the molecule is CC1(OC(F)F)CCCNC1. The predicted octanol–water partition coefficient (Wildman–Crippen LogP) is 1.37. The van der Waals surface area contributed by atoms with Gasteiger partial charge in [-0.3, -0.25) is 0 Å². The molecule has 1 aliphatic heterocycles. The number of hydrogen-bond acceptors (Lipinski definition) is 2. The average Bonchev–Trinajstić information content (AvgIpc) is 1.85. The van der Waals surface area contributed by atoms with Gasteiger partial charge in [-0.15, -0.1) is 0 Å². The van der Waals surface area contributed by atoms with Crippen molar-refractivity contribution in [1.82, 2.24) is 5.32 Å². The van der Waals surface area contributed by atoms with Crippen molar-refractivity contribution in [3.8, 4) is 0 Å². The van der Waals surface area contributed by atoms with Gasteiger partial charge in [0.1, 0.15) is 0 Å². The molecule has 1 atom stereocenters. The van der Waals surface area contributed by atoms with Crippen molar-refractivity contribution in [1.29, 1.82) is 0 Å². The summed E-state index contributed by atoms with van der Waals surface area (Å²) in [5.41, 5.74) is -0.660. The maximum Gasteiger partial charge on any atom is 0.345 e. The van der Waals surface area contributed by atoms with E-state index in [1.165, 1.54) is 0 Å². The number of nitrogens with one attached hydrogen (secondary N) is 1. The number of ether oxygens (including phenoxy) is 1. The van der Waals surface area contributed by atoms with E-state index in [4.69, 9.17) is 0 Å². The molecule has 1 heterocycles. The zero-order valence-corrected chi connectivity index (χ0v) is 6.57. The van der Waals surface area contributed by atoms with Crippen molar-refractivity contribution in [2.24, 2.45) is 0 Å². The standard InChI is InChI=1S/C7H13F2NO/c1-7(11-6(8)9)3-2-4-10-5-7/h6,10H,2-5H2,1H3. The first-order valence-electron chi connectivity index (χ1n) is 3.79. The molecule has 0 amide bonds. The summed E-state index contributed by atoms with van der Waals surface area (Å²) in [6.45, 7) is 0.491. The molecule has 1 rings (SSSR count). The van der Waals surface area contributed by atoms with Crippen molar-refractivity contribution in [2.75, 3.05) is 13.1 Å². The van der Waals surface area contributed by atoms with Gasteiger partial charge < -0.3 is 10.1 Å². The first-order chi connectivity index (χ1) is 5.12. The fraction of sp³-hybridized carbons (Fsp3) is 1.00. The summed E-state index contributed by atoms with van der Waals surface area (Å²) in [5, 5.41) is 3.02. The molecule has 0 spiro atoms. The van der Waals surface area contributed by atoms with Crippen LogP contribution in [0.5, 0.6) is 0 Å². The number of rotatable bonds is 2. The van der Waals surface area contributed by atoms with E-state index in [0.29, 0.717) is 13.0 Å². The van der Waals surface area contributed by atoms with Gasteiger partial charge in [0.05, 0.1) is 5.60 Å². The van der Waals surface area contributed by atoms with Gasteiger partial charge in [-0.2, -0.15) is 8.78 Å². The second-order valence-corrected chi connectivity index (χ2v) is 3.11. The number of piperidine rings is 1. The van der Waals surface area contributed by atoms with Gasteiger partial charge in [0, 0.05) is 6.54 Å². The molecule has 1 unspecified atom stereocenters. The molecule has 1 aliphatic rings. The summed E-state index contributed by atoms with van der Waals surface area (Å²) in [4.78, 5) is 0. The topological polar surface area (TPSA) is 21.3 Å². The Bertz CT molecular complexity index is 124. The van der Waals surface area contributed by atoms with Crippen molar-refractivity contribution in [3.05, 3.63) is 0 Å². The van der Waals surface area contributed by atoms with Crippen LogP contribution in [0.25, 0.3) is 0 Å². The monoisotopic (exact) mass is 165 g/mol. The van der Waals surface area contributed by atoms with Crippen LogP contribution >= 0.6 is 0 Å². The Morgan fingerprint density at radius 1 is 1.55 bits per heavy atom. The third kappa shape index (κ3) is 2.71. The van der Waals surface area contributed by atoms with Crippen molar-refractivity contribution in [3.63, 3.8) is 0 Å². The molecule has 1 saturated heterocycles. The molecular weight excluding hydrogens is 152 g/mol. The van der Waals surface area contributed by atoms with Gasteiger partial charge in [0.25, 0.3) is 0 Å². The summed E-state index contributed by atoms with van der Waals surface area (Å²) >= 11 is 0. The van der Waals surface area contributed by atoms with E-state index < -0.39 is 12.2 Å². The first kappa shape index (κ1) is 8.87. The Kier molecular flexibility index (Phi) is 2.78. The van der Waals surface area contributed by atoms with Gasteiger partial charge in [-0.05, 0) is 26.3 Å². The van der Waals surface area contributed by atoms with E-state index in [1.807, 2.05) is 0 Å². The Labute approximate surface area is 64.9 Å². The summed E-state index contributed by atoms with van der Waals surface area (Å²) in [6, 6.07) is 0. The van der Waals surface area contributed by atoms with E-state index in [1.54, 1.807) is 6.92 Å². The number of halogens is 2. The van der Waals surface area contributed by atoms with Crippen LogP contribution in [0.2, 0.25) is 0 Å². The molecule has 0 aromatic rings. The second kappa shape index (κ2) is 3.45. The highest BCUT2D eigenvalue weighted by atomic mass is 19.3. The Morgan fingerprint density at radius 3 is 2.73 bits per heavy atom. The summed E-state index contributed by atoms with van der Waals surface area (Å²) in [5.74, 6) is 0. The van der Waals surface area contributed by atoms with Crippen LogP contribution in [0, 0.1) is 0 Å². The smallest absolute Gasteiger partial charge is 0.315 e. The summed E-state index contributed by atoms with van der Waals surface area (Å²) in [6.07, 6.45) is 1.62. The molecule has 0 saturated carbocycles. The minimum absolute atomic E-state index is 0.525. The number of hydrogen-bond donors (Lipinski definition) is 1. The largest absolute Gasteiger partial charge is 0.345 e. The van der Waals surface area contributed by atoms with Crippen LogP contribution < -0.4 is 5.32 Å². The minimum atomic E-state index is -2.65. The lowest BCUT2D eigenvalue weighted by molar-refractivity contribution is -0.207. The molecule has 2 nitrogen and oxygen atoms in total. The summed E-state index contributed by atoms with van der Waals surface area (Å²) in [7, 11) is 0. The Hall–Kier alpha value is -0.220. The van der Waals surface area contributed by atoms with Crippen LogP contribution in [0.15, 0.2) is 0 Å². The maximum absolute atomic E-state index is 11.8. The van der Waals surface area contributed by atoms with Gasteiger partial charge in [-0.1, -0.05) is 0 Å². The molecule has 1 fully saturated rings. The van der Waals surface area contributed by atoms with Crippen molar-refractivity contribution >= 4 is 0 Å². The van der Waals surface area contributed by atoms with E-state index in [9.17, 15) is 8.78 Å². The lowest BCUT2D eigenvalue weighted by Crippen LogP contribution is -2.46. The Morgan fingerprint density at radius 2 is 2.27 bits per heavy atom. The highest BCUT2D eigenvalue weighted by Crippen LogP contribution is 2.22. The van der Waals surface area contributed by atoms with E-state index in [-0.39, 0.29) is 0 Å². The van der Waals surface area contributed by atoms with Gasteiger partial charge >= 0.3 is 6.61 Å². The molecule has 11 heavy (non-hydrogen) atoms. The van der Waals surface area contributed by atoms with Gasteiger partial charge in [0.2, 0.25) is 0 Å². The average molecular weight is 165 g/mol. The van der Waals surface area contributed by atoms with E-state index in [0.717, 1.165) is 13.0 Å². The normalized spacial score (nSPS) is 32.7. The first-order valence-corrected chi connectivity index (χ1v) is 3.79.